The van der Waals surface area contributed by atoms with Crippen LogP contribution < -0.4 is 0 Å². The Morgan fingerprint density at radius 1 is 1.14 bits per heavy atom. The molecule has 8 heteroatoms. The summed E-state index contributed by atoms with van der Waals surface area (Å²) < 4.78 is 39.8. The van der Waals surface area contributed by atoms with Crippen LogP contribution >= 0.6 is 38.9 Å². The van der Waals surface area contributed by atoms with Crippen molar-refractivity contribution in [1.82, 2.24) is 9.97 Å². The SMILES string of the molecule is FC(F)(F)c1nc(-c2ccccc2Cl)c(-c2ccc(Br)s2)[nH]1. The number of benzene rings is 1. The van der Waals surface area contributed by atoms with Crippen LogP contribution in [0.5, 0.6) is 0 Å². The number of nitrogens with one attached hydrogen (secondary N) is 1. The number of thiophene rings is 1. The second-order valence-electron chi connectivity index (χ2n) is 4.39. The van der Waals surface area contributed by atoms with Crippen molar-refractivity contribution >= 4 is 38.9 Å². The summed E-state index contributed by atoms with van der Waals surface area (Å²) in [6.07, 6.45) is -4.55. The summed E-state index contributed by atoms with van der Waals surface area (Å²) in [5.41, 5.74) is 0.943. The smallest absolute Gasteiger partial charge is 0.333 e. The molecule has 1 N–H and O–H groups in total. The molecule has 0 saturated carbocycles. The van der Waals surface area contributed by atoms with Crippen molar-refractivity contribution < 1.29 is 13.2 Å². The Morgan fingerprint density at radius 3 is 2.45 bits per heavy atom. The zero-order valence-corrected chi connectivity index (χ0v) is 13.9. The number of halogens is 5. The van der Waals surface area contributed by atoms with Crippen LogP contribution in [0.2, 0.25) is 5.02 Å². The summed E-state index contributed by atoms with van der Waals surface area (Å²) in [6, 6.07) is 10.2. The number of hydrogen-bond donors (Lipinski definition) is 1. The predicted octanol–water partition coefficient (Wildman–Crippen LogP) is 6.24. The molecule has 0 aliphatic heterocycles. The first-order valence-corrected chi connectivity index (χ1v) is 8.03. The number of alkyl halides is 3. The van der Waals surface area contributed by atoms with Gasteiger partial charge in [0, 0.05) is 5.56 Å². The lowest BCUT2D eigenvalue weighted by atomic mass is 10.1. The van der Waals surface area contributed by atoms with Gasteiger partial charge in [0.15, 0.2) is 0 Å². The Kier molecular flexibility index (Phi) is 4.05. The summed E-state index contributed by atoms with van der Waals surface area (Å²) in [6.45, 7) is 0. The normalized spacial score (nSPS) is 11.9. The molecule has 22 heavy (non-hydrogen) atoms. The van der Waals surface area contributed by atoms with Gasteiger partial charge in [-0.25, -0.2) is 4.98 Å². The van der Waals surface area contributed by atoms with Crippen molar-refractivity contribution in [3.63, 3.8) is 0 Å². The molecule has 0 radical (unpaired) electrons. The molecule has 0 aliphatic rings. The number of rotatable bonds is 2. The fourth-order valence-electron chi connectivity index (χ4n) is 1.98. The Bertz CT molecular complexity index is 826. The fraction of sp³-hybridized carbons (Fsp3) is 0.0714. The molecule has 0 bridgehead atoms. The summed E-state index contributed by atoms with van der Waals surface area (Å²) in [5, 5.41) is 0.347. The van der Waals surface area contributed by atoms with Crippen LogP contribution in [0.1, 0.15) is 5.82 Å². The Balaban J connectivity index is 2.24. The first-order valence-electron chi connectivity index (χ1n) is 6.04. The van der Waals surface area contributed by atoms with Crippen LogP contribution in [0.4, 0.5) is 13.2 Å². The maximum atomic E-state index is 13.0. The Labute approximate surface area is 141 Å². The van der Waals surface area contributed by atoms with Gasteiger partial charge >= 0.3 is 6.18 Å². The molecule has 3 rings (SSSR count). The number of nitrogens with zero attached hydrogens (tertiary/aromatic N) is 1. The molecule has 0 unspecified atom stereocenters. The largest absolute Gasteiger partial charge is 0.449 e. The van der Waals surface area contributed by atoms with Crippen LogP contribution in [0, 0.1) is 0 Å². The highest BCUT2D eigenvalue weighted by molar-refractivity contribution is 9.11. The fourth-order valence-corrected chi connectivity index (χ4v) is 3.60. The quantitative estimate of drug-likeness (QED) is 0.535. The molecule has 0 saturated heterocycles. The van der Waals surface area contributed by atoms with Crippen molar-refractivity contribution in [1.29, 1.82) is 0 Å². The first-order chi connectivity index (χ1) is 10.4. The van der Waals surface area contributed by atoms with E-state index in [9.17, 15) is 13.2 Å². The lowest BCUT2D eigenvalue weighted by Crippen LogP contribution is -2.07. The third-order valence-corrected chi connectivity index (χ3v) is 4.89. The molecule has 114 valence electrons. The van der Waals surface area contributed by atoms with Gasteiger partial charge in [-0.3, -0.25) is 0 Å². The second-order valence-corrected chi connectivity index (χ2v) is 7.26. The molecule has 2 nitrogen and oxygen atoms in total. The third kappa shape index (κ3) is 2.93. The van der Waals surface area contributed by atoms with Crippen molar-refractivity contribution in [2.24, 2.45) is 0 Å². The van der Waals surface area contributed by atoms with Gasteiger partial charge in [0.2, 0.25) is 5.82 Å². The molecule has 0 amide bonds. The number of hydrogen-bond acceptors (Lipinski definition) is 2. The highest BCUT2D eigenvalue weighted by Crippen LogP contribution is 2.40. The molecule has 3 aromatic rings. The zero-order valence-electron chi connectivity index (χ0n) is 10.7. The van der Waals surface area contributed by atoms with E-state index in [0.717, 1.165) is 3.79 Å². The third-order valence-electron chi connectivity index (χ3n) is 2.92. The van der Waals surface area contributed by atoms with E-state index in [1.807, 2.05) is 0 Å². The van der Waals surface area contributed by atoms with Crippen LogP contribution in [-0.2, 0) is 6.18 Å². The Morgan fingerprint density at radius 2 is 1.86 bits per heavy atom. The van der Waals surface area contributed by atoms with Gasteiger partial charge in [-0.2, -0.15) is 13.2 Å². The molecule has 1 aromatic carbocycles. The van der Waals surface area contributed by atoms with E-state index in [-0.39, 0.29) is 5.69 Å². The maximum absolute atomic E-state index is 13.0. The van der Waals surface area contributed by atoms with Gasteiger partial charge in [0.1, 0.15) is 0 Å². The Hall–Kier alpha value is -1.31. The highest BCUT2D eigenvalue weighted by atomic mass is 79.9. The monoisotopic (exact) mass is 406 g/mol. The number of H-pyrrole nitrogens is 1. The average Bonchev–Trinajstić information content (AvgIpc) is 3.04. The second kappa shape index (κ2) is 5.72. The van der Waals surface area contributed by atoms with E-state index in [1.54, 1.807) is 36.4 Å². The molecule has 2 aromatic heterocycles. The van der Waals surface area contributed by atoms with Crippen molar-refractivity contribution in [2.75, 3.05) is 0 Å². The van der Waals surface area contributed by atoms with Crippen LogP contribution in [0.15, 0.2) is 40.2 Å². The summed E-state index contributed by atoms with van der Waals surface area (Å²) in [5.74, 6) is -1.04. The summed E-state index contributed by atoms with van der Waals surface area (Å²) in [4.78, 5) is 6.74. The number of aromatic nitrogens is 2. The topological polar surface area (TPSA) is 28.7 Å². The maximum Gasteiger partial charge on any atom is 0.449 e. The average molecular weight is 408 g/mol. The van der Waals surface area contributed by atoms with Crippen molar-refractivity contribution in [2.45, 2.75) is 6.18 Å². The zero-order chi connectivity index (χ0) is 15.9. The lowest BCUT2D eigenvalue weighted by molar-refractivity contribution is -0.144. The van der Waals surface area contributed by atoms with Gasteiger partial charge in [0.25, 0.3) is 0 Å². The highest BCUT2D eigenvalue weighted by Gasteiger charge is 2.36. The van der Waals surface area contributed by atoms with Gasteiger partial charge in [-0.1, -0.05) is 29.8 Å². The molecule has 0 fully saturated rings. The van der Waals surface area contributed by atoms with Gasteiger partial charge in [-0.15, -0.1) is 11.3 Å². The van der Waals surface area contributed by atoms with E-state index < -0.39 is 12.0 Å². The lowest BCUT2D eigenvalue weighted by Gasteiger charge is -2.03. The molecular formula is C14H7BrClF3N2S. The summed E-state index contributed by atoms with van der Waals surface area (Å²) in [7, 11) is 0. The molecule has 0 spiro atoms. The molecular weight excluding hydrogens is 401 g/mol. The van der Waals surface area contributed by atoms with Gasteiger partial charge < -0.3 is 4.98 Å². The van der Waals surface area contributed by atoms with E-state index in [2.05, 4.69) is 25.9 Å². The van der Waals surface area contributed by atoms with Crippen molar-refractivity contribution in [3.05, 3.63) is 51.0 Å². The summed E-state index contributed by atoms with van der Waals surface area (Å²) >= 11 is 10.7. The minimum absolute atomic E-state index is 0.187. The van der Waals surface area contributed by atoms with E-state index in [1.165, 1.54) is 11.3 Å². The van der Waals surface area contributed by atoms with Crippen LogP contribution in [0.25, 0.3) is 21.8 Å². The minimum Gasteiger partial charge on any atom is -0.333 e. The molecule has 0 aliphatic carbocycles. The first kappa shape index (κ1) is 15.6. The van der Waals surface area contributed by atoms with Crippen LogP contribution in [0.3, 0.4) is 0 Å². The number of aromatic amines is 1. The van der Waals surface area contributed by atoms with E-state index in [0.29, 0.717) is 21.2 Å². The van der Waals surface area contributed by atoms with Gasteiger partial charge in [-0.05, 0) is 34.1 Å². The number of imidazole rings is 1. The van der Waals surface area contributed by atoms with Crippen molar-refractivity contribution in [3.8, 4) is 21.8 Å². The van der Waals surface area contributed by atoms with Crippen LogP contribution in [-0.4, -0.2) is 9.97 Å². The van der Waals surface area contributed by atoms with E-state index >= 15 is 0 Å². The molecule has 0 atom stereocenters. The van der Waals surface area contributed by atoms with E-state index in [4.69, 9.17) is 11.6 Å². The standard InChI is InChI=1S/C14H7BrClF3N2S/c15-10-6-5-9(22-10)12-11(7-3-1-2-4-8(7)16)20-13(21-12)14(17,18)19/h1-6H,(H,20,21). The van der Waals surface area contributed by atoms with Gasteiger partial charge in [0.05, 0.1) is 25.1 Å². The predicted molar refractivity (Wildman–Crippen MR) is 85.0 cm³/mol. The minimum atomic E-state index is -4.55. The molecule has 2 heterocycles.